The summed E-state index contributed by atoms with van der Waals surface area (Å²) in [5.74, 6) is 0.684. The van der Waals surface area contributed by atoms with Gasteiger partial charge >= 0.3 is 0 Å². The van der Waals surface area contributed by atoms with Crippen LogP contribution in [-0.2, 0) is 0 Å². The predicted octanol–water partition coefficient (Wildman–Crippen LogP) is 3.45. The Morgan fingerprint density at radius 3 is 1.20 bits per heavy atom. The fraction of sp³-hybridized carbons (Fsp3) is 0.357. The van der Waals surface area contributed by atoms with E-state index in [-0.39, 0.29) is 17.0 Å². The molecule has 0 nitrogen and oxygen atoms in total. The van der Waals surface area contributed by atoms with E-state index in [1.54, 1.807) is 0 Å². The second-order valence-electron chi connectivity index (χ2n) is 10.0. The second-order valence-corrected chi connectivity index (χ2v) is 13.6. The molecule has 0 aromatic heterocycles. The van der Waals surface area contributed by atoms with Gasteiger partial charge in [-0.05, 0) is 60.1 Å². The summed E-state index contributed by atoms with van der Waals surface area (Å²) in [5.41, 5.74) is 0.736. The maximum Gasteiger partial charge on any atom is 0.112 e. The summed E-state index contributed by atoms with van der Waals surface area (Å²) in [5, 5.41) is 4.53. The van der Waals surface area contributed by atoms with Crippen molar-refractivity contribution in [2.45, 2.75) is 40.5 Å². The number of benzene rings is 3. The first kappa shape index (κ1) is 23.2. The minimum atomic E-state index is -1.76. The normalized spacial score (nSPS) is 18.0. The molecule has 0 unspecified atom stereocenters. The Morgan fingerprint density at radius 2 is 0.900 bits per heavy atom. The number of hydrogen-bond donors (Lipinski definition) is 0. The summed E-state index contributed by atoms with van der Waals surface area (Å²) in [6.45, 7) is 10.0. The van der Waals surface area contributed by atoms with Crippen molar-refractivity contribution in [3.63, 3.8) is 0 Å². The minimum Gasteiger partial charge on any atom is -1.00 e. The molecule has 0 N–H and O–H groups in total. The molecule has 1 saturated carbocycles. The van der Waals surface area contributed by atoms with Gasteiger partial charge in [-0.2, -0.15) is 0 Å². The molecular formula is C28H34BrP. The van der Waals surface area contributed by atoms with E-state index in [9.17, 15) is 0 Å². The van der Waals surface area contributed by atoms with Crippen LogP contribution in [0.15, 0.2) is 91.0 Å². The van der Waals surface area contributed by atoms with Crippen LogP contribution in [0, 0.1) is 16.7 Å². The van der Waals surface area contributed by atoms with Gasteiger partial charge < -0.3 is 17.0 Å². The van der Waals surface area contributed by atoms with Crippen LogP contribution in [-0.4, -0.2) is 6.16 Å². The molecule has 0 amide bonds. The molecule has 2 heteroatoms. The quantitative estimate of drug-likeness (QED) is 0.490. The van der Waals surface area contributed by atoms with Gasteiger partial charge in [-0.25, -0.2) is 0 Å². The summed E-state index contributed by atoms with van der Waals surface area (Å²) in [6, 6.07) is 34.1. The van der Waals surface area contributed by atoms with Crippen LogP contribution in [0.5, 0.6) is 0 Å². The standard InChI is InChI=1S/C28H34P.BrH/c1-27(2)20-21-28(3,4)26(27)22-29(23-14-8-5-9-15-23,24-16-10-6-11-17-24)25-18-12-7-13-19-25;/h5-19,26H,20-22H2,1-4H3;1H/q+1;/p-1. The Hall–Kier alpha value is -1.43. The molecule has 0 spiro atoms. The summed E-state index contributed by atoms with van der Waals surface area (Å²) in [6.07, 6.45) is 3.89. The molecule has 1 fully saturated rings. The smallest absolute Gasteiger partial charge is 0.112 e. The summed E-state index contributed by atoms with van der Waals surface area (Å²) in [4.78, 5) is 0. The Kier molecular flexibility index (Phi) is 6.95. The van der Waals surface area contributed by atoms with E-state index in [1.807, 2.05) is 0 Å². The molecule has 30 heavy (non-hydrogen) atoms. The predicted molar refractivity (Wildman–Crippen MR) is 130 cm³/mol. The molecule has 1 aliphatic carbocycles. The minimum absolute atomic E-state index is 0. The van der Waals surface area contributed by atoms with E-state index in [0.29, 0.717) is 16.7 Å². The summed E-state index contributed by atoms with van der Waals surface area (Å²) >= 11 is 0. The van der Waals surface area contributed by atoms with Crippen molar-refractivity contribution in [3.8, 4) is 0 Å². The highest BCUT2D eigenvalue weighted by atomic mass is 79.9. The van der Waals surface area contributed by atoms with Gasteiger partial charge in [0.2, 0.25) is 0 Å². The van der Waals surface area contributed by atoms with Crippen molar-refractivity contribution >= 4 is 23.2 Å². The van der Waals surface area contributed by atoms with E-state index in [2.05, 4.69) is 119 Å². The Balaban J connectivity index is 0.00000256. The molecule has 0 atom stereocenters. The van der Waals surface area contributed by atoms with Crippen LogP contribution >= 0.6 is 7.26 Å². The average Bonchev–Trinajstić information content (AvgIpc) is 2.95. The van der Waals surface area contributed by atoms with Crippen molar-refractivity contribution in [1.29, 1.82) is 0 Å². The van der Waals surface area contributed by atoms with Gasteiger partial charge in [0, 0.05) is 5.92 Å². The zero-order valence-electron chi connectivity index (χ0n) is 18.7. The topological polar surface area (TPSA) is 0 Å². The molecule has 3 aromatic carbocycles. The number of hydrogen-bond acceptors (Lipinski definition) is 0. The van der Waals surface area contributed by atoms with Crippen LogP contribution in [0.4, 0.5) is 0 Å². The van der Waals surface area contributed by atoms with Gasteiger partial charge in [0.25, 0.3) is 0 Å². The van der Waals surface area contributed by atoms with E-state index in [0.717, 1.165) is 0 Å². The van der Waals surface area contributed by atoms with Crippen molar-refractivity contribution < 1.29 is 17.0 Å². The molecule has 4 rings (SSSR count). The zero-order valence-corrected chi connectivity index (χ0v) is 21.2. The molecular weight excluding hydrogens is 447 g/mol. The van der Waals surface area contributed by atoms with E-state index < -0.39 is 7.26 Å². The molecule has 0 radical (unpaired) electrons. The lowest BCUT2D eigenvalue weighted by atomic mass is 9.74. The first-order chi connectivity index (χ1) is 13.9. The van der Waals surface area contributed by atoms with E-state index in [1.165, 1.54) is 34.9 Å². The third-order valence-electron chi connectivity index (χ3n) is 7.35. The lowest BCUT2D eigenvalue weighted by molar-refractivity contribution is -0.00000709. The second kappa shape index (κ2) is 8.97. The van der Waals surface area contributed by atoms with E-state index in [4.69, 9.17) is 0 Å². The summed E-state index contributed by atoms with van der Waals surface area (Å²) < 4.78 is 0. The van der Waals surface area contributed by atoms with Crippen molar-refractivity contribution in [2.24, 2.45) is 16.7 Å². The van der Waals surface area contributed by atoms with Crippen LogP contribution in [0.2, 0.25) is 0 Å². The van der Waals surface area contributed by atoms with Crippen LogP contribution in [0.3, 0.4) is 0 Å². The van der Waals surface area contributed by atoms with Gasteiger partial charge in [0.1, 0.15) is 23.2 Å². The SMILES string of the molecule is CC1(C)CCC(C)(C)C1C[P+](c1ccccc1)(c1ccccc1)c1ccccc1.[Br-]. The maximum atomic E-state index is 2.50. The molecule has 1 aliphatic rings. The maximum absolute atomic E-state index is 2.50. The van der Waals surface area contributed by atoms with Crippen molar-refractivity contribution in [2.75, 3.05) is 6.16 Å². The lowest BCUT2D eigenvalue weighted by Crippen LogP contribution is -3.00. The van der Waals surface area contributed by atoms with Gasteiger partial charge in [-0.15, -0.1) is 0 Å². The van der Waals surface area contributed by atoms with Crippen LogP contribution in [0.1, 0.15) is 40.5 Å². The highest BCUT2D eigenvalue weighted by Crippen LogP contribution is 2.64. The first-order valence-corrected chi connectivity index (χ1v) is 12.9. The monoisotopic (exact) mass is 480 g/mol. The molecule has 0 bridgehead atoms. The number of rotatable bonds is 5. The Bertz CT molecular complexity index is 819. The highest BCUT2D eigenvalue weighted by molar-refractivity contribution is 7.95. The van der Waals surface area contributed by atoms with Crippen molar-refractivity contribution in [1.82, 2.24) is 0 Å². The Morgan fingerprint density at radius 1 is 0.600 bits per heavy atom. The number of halogens is 1. The molecule has 0 saturated heterocycles. The van der Waals surface area contributed by atoms with Gasteiger partial charge in [-0.1, -0.05) is 82.3 Å². The average molecular weight is 481 g/mol. The highest BCUT2D eigenvalue weighted by Gasteiger charge is 2.55. The van der Waals surface area contributed by atoms with Crippen LogP contribution < -0.4 is 32.9 Å². The van der Waals surface area contributed by atoms with Gasteiger partial charge in [0.05, 0.1) is 6.16 Å². The third-order valence-corrected chi connectivity index (χ3v) is 11.8. The molecule has 3 aromatic rings. The molecule has 158 valence electrons. The lowest BCUT2D eigenvalue weighted by Gasteiger charge is -2.39. The van der Waals surface area contributed by atoms with E-state index >= 15 is 0 Å². The summed E-state index contributed by atoms with van der Waals surface area (Å²) in [7, 11) is -1.76. The Labute approximate surface area is 194 Å². The third kappa shape index (κ3) is 4.17. The fourth-order valence-electron chi connectivity index (χ4n) is 5.63. The van der Waals surface area contributed by atoms with Gasteiger partial charge in [-0.3, -0.25) is 0 Å². The largest absolute Gasteiger partial charge is 1.00 e. The van der Waals surface area contributed by atoms with Crippen molar-refractivity contribution in [3.05, 3.63) is 91.0 Å². The van der Waals surface area contributed by atoms with Gasteiger partial charge in [0.15, 0.2) is 0 Å². The first-order valence-electron chi connectivity index (χ1n) is 10.9. The molecule has 0 aliphatic heterocycles. The fourth-order valence-corrected chi connectivity index (χ4v) is 10.7. The molecule has 0 heterocycles. The van der Waals surface area contributed by atoms with Crippen LogP contribution in [0.25, 0.3) is 0 Å². The zero-order chi connectivity index (χ0) is 20.5.